The summed E-state index contributed by atoms with van der Waals surface area (Å²) in [5.41, 5.74) is 0. The Hall–Kier alpha value is -0.130. The molecule has 2 N–H and O–H groups in total. The van der Waals surface area contributed by atoms with E-state index in [0.29, 0.717) is 18.4 Å². The number of piperidine rings is 1. The van der Waals surface area contributed by atoms with Gasteiger partial charge in [0.05, 0.1) is 5.75 Å². The van der Waals surface area contributed by atoms with Gasteiger partial charge in [0.25, 0.3) is 0 Å². The average Bonchev–Trinajstić information content (AvgIpc) is 2.14. The van der Waals surface area contributed by atoms with Crippen molar-refractivity contribution < 1.29 is 8.42 Å². The first-order valence-corrected chi connectivity index (χ1v) is 7.74. The number of hydrogen-bond donors (Lipinski definition) is 2. The molecule has 16 heavy (non-hydrogen) atoms. The van der Waals surface area contributed by atoms with Gasteiger partial charge < -0.3 is 5.32 Å². The summed E-state index contributed by atoms with van der Waals surface area (Å²) in [6, 6.07) is 0. The Labute approximate surface area is 99.2 Å². The van der Waals surface area contributed by atoms with Gasteiger partial charge in [0, 0.05) is 6.54 Å². The molecule has 1 saturated heterocycles. The quantitative estimate of drug-likeness (QED) is 0.757. The summed E-state index contributed by atoms with van der Waals surface area (Å²) in [6.07, 6.45) is 1.06. The van der Waals surface area contributed by atoms with Gasteiger partial charge in [-0.3, -0.25) is 0 Å². The minimum atomic E-state index is -3.07. The first kappa shape index (κ1) is 13.9. The van der Waals surface area contributed by atoms with Crippen molar-refractivity contribution >= 4 is 10.0 Å². The maximum absolute atomic E-state index is 11.7. The Balaban J connectivity index is 2.38. The summed E-state index contributed by atoms with van der Waals surface area (Å²) >= 11 is 0. The van der Waals surface area contributed by atoms with Gasteiger partial charge in [-0.05, 0) is 37.3 Å². The number of nitrogens with one attached hydrogen (secondary N) is 2. The van der Waals surface area contributed by atoms with Crippen molar-refractivity contribution in [1.82, 2.24) is 10.0 Å². The van der Waals surface area contributed by atoms with Crippen molar-refractivity contribution in [3.63, 3.8) is 0 Å². The van der Waals surface area contributed by atoms with E-state index in [1.54, 1.807) is 0 Å². The fourth-order valence-electron chi connectivity index (χ4n) is 2.10. The summed E-state index contributed by atoms with van der Waals surface area (Å²) in [5.74, 6) is 1.44. The van der Waals surface area contributed by atoms with Crippen LogP contribution in [0.3, 0.4) is 0 Å². The van der Waals surface area contributed by atoms with Crippen LogP contribution in [0.1, 0.15) is 27.2 Å². The Bertz CT molecular complexity index is 301. The van der Waals surface area contributed by atoms with Crippen molar-refractivity contribution in [2.75, 3.05) is 25.4 Å². The zero-order valence-electron chi connectivity index (χ0n) is 10.5. The van der Waals surface area contributed by atoms with Crippen molar-refractivity contribution in [2.45, 2.75) is 27.2 Å². The minimum absolute atomic E-state index is 0.183. The first-order chi connectivity index (χ1) is 7.41. The topological polar surface area (TPSA) is 58.2 Å². The van der Waals surface area contributed by atoms with E-state index in [-0.39, 0.29) is 11.7 Å². The van der Waals surface area contributed by atoms with Crippen LogP contribution >= 0.6 is 0 Å². The molecule has 1 aliphatic heterocycles. The molecule has 2 unspecified atom stereocenters. The van der Waals surface area contributed by atoms with E-state index in [1.807, 2.05) is 13.8 Å². The fourth-order valence-corrected chi connectivity index (χ4v) is 3.57. The van der Waals surface area contributed by atoms with Crippen LogP contribution in [0, 0.1) is 17.8 Å². The molecule has 0 aliphatic carbocycles. The Morgan fingerprint density at radius 2 is 2.12 bits per heavy atom. The Morgan fingerprint density at radius 3 is 2.69 bits per heavy atom. The largest absolute Gasteiger partial charge is 0.316 e. The van der Waals surface area contributed by atoms with E-state index in [2.05, 4.69) is 17.0 Å². The van der Waals surface area contributed by atoms with Gasteiger partial charge in [0.2, 0.25) is 10.0 Å². The van der Waals surface area contributed by atoms with E-state index in [4.69, 9.17) is 0 Å². The van der Waals surface area contributed by atoms with Crippen molar-refractivity contribution in [2.24, 2.45) is 17.8 Å². The summed E-state index contributed by atoms with van der Waals surface area (Å²) < 4.78 is 26.1. The van der Waals surface area contributed by atoms with Crippen LogP contribution in [0.5, 0.6) is 0 Å². The van der Waals surface area contributed by atoms with E-state index in [0.717, 1.165) is 19.5 Å². The van der Waals surface area contributed by atoms with Gasteiger partial charge in [-0.15, -0.1) is 0 Å². The van der Waals surface area contributed by atoms with Crippen molar-refractivity contribution in [1.29, 1.82) is 0 Å². The molecule has 0 aromatic carbocycles. The van der Waals surface area contributed by atoms with Gasteiger partial charge >= 0.3 is 0 Å². The molecule has 1 rings (SSSR count). The van der Waals surface area contributed by atoms with Crippen LogP contribution in [-0.2, 0) is 10.0 Å². The second kappa shape index (κ2) is 5.98. The average molecular weight is 248 g/mol. The molecule has 5 heteroatoms. The van der Waals surface area contributed by atoms with Crippen LogP contribution in [0.2, 0.25) is 0 Å². The van der Waals surface area contributed by atoms with Crippen LogP contribution in [0.15, 0.2) is 0 Å². The fraction of sp³-hybridized carbons (Fsp3) is 1.00. The SMILES string of the molecule is CC(C)CS(=O)(=O)NCC1CCNCC1C. The lowest BCUT2D eigenvalue weighted by Gasteiger charge is -2.29. The normalized spacial score (nSPS) is 27.2. The van der Waals surface area contributed by atoms with Gasteiger partial charge in [0.1, 0.15) is 0 Å². The molecule has 1 aliphatic rings. The molecule has 0 spiro atoms. The summed E-state index contributed by atoms with van der Waals surface area (Å²) in [7, 11) is -3.07. The lowest BCUT2D eigenvalue weighted by molar-refractivity contribution is 0.274. The third kappa shape index (κ3) is 4.80. The molecule has 1 fully saturated rings. The van der Waals surface area contributed by atoms with Crippen LogP contribution in [0.25, 0.3) is 0 Å². The van der Waals surface area contributed by atoms with Crippen LogP contribution in [0.4, 0.5) is 0 Å². The molecule has 4 nitrogen and oxygen atoms in total. The minimum Gasteiger partial charge on any atom is -0.316 e. The van der Waals surface area contributed by atoms with Gasteiger partial charge in [-0.1, -0.05) is 20.8 Å². The summed E-state index contributed by atoms with van der Waals surface area (Å²) in [6.45, 7) is 8.61. The summed E-state index contributed by atoms with van der Waals surface area (Å²) in [4.78, 5) is 0. The number of sulfonamides is 1. The molecule has 0 saturated carbocycles. The standard InChI is InChI=1S/C11H24N2O2S/c1-9(2)8-16(14,15)13-7-11-4-5-12-6-10(11)3/h9-13H,4-8H2,1-3H3. The number of hydrogen-bond acceptors (Lipinski definition) is 3. The zero-order valence-corrected chi connectivity index (χ0v) is 11.3. The highest BCUT2D eigenvalue weighted by Gasteiger charge is 2.23. The van der Waals surface area contributed by atoms with E-state index >= 15 is 0 Å². The van der Waals surface area contributed by atoms with Crippen LogP contribution < -0.4 is 10.0 Å². The molecule has 0 aromatic heterocycles. The third-order valence-corrected chi connectivity index (χ3v) is 4.79. The molecule has 0 bridgehead atoms. The summed E-state index contributed by atoms with van der Waals surface area (Å²) in [5, 5.41) is 3.32. The smallest absolute Gasteiger partial charge is 0.211 e. The maximum atomic E-state index is 11.7. The highest BCUT2D eigenvalue weighted by atomic mass is 32.2. The monoisotopic (exact) mass is 248 g/mol. The Kier molecular flexibility index (Phi) is 5.21. The lowest BCUT2D eigenvalue weighted by Crippen LogP contribution is -2.41. The second-order valence-electron chi connectivity index (χ2n) is 5.25. The first-order valence-electron chi connectivity index (χ1n) is 6.09. The highest BCUT2D eigenvalue weighted by Crippen LogP contribution is 2.17. The van der Waals surface area contributed by atoms with E-state index < -0.39 is 10.0 Å². The van der Waals surface area contributed by atoms with Crippen LogP contribution in [-0.4, -0.2) is 33.8 Å². The second-order valence-corrected chi connectivity index (χ2v) is 7.11. The molecule has 0 amide bonds. The van der Waals surface area contributed by atoms with E-state index in [1.165, 1.54) is 0 Å². The van der Waals surface area contributed by atoms with Crippen molar-refractivity contribution in [3.8, 4) is 0 Å². The lowest BCUT2D eigenvalue weighted by atomic mass is 9.88. The molecular weight excluding hydrogens is 224 g/mol. The zero-order chi connectivity index (χ0) is 12.2. The molecule has 0 aromatic rings. The molecule has 0 radical (unpaired) electrons. The van der Waals surface area contributed by atoms with Gasteiger partial charge in [-0.25, -0.2) is 13.1 Å². The van der Waals surface area contributed by atoms with E-state index in [9.17, 15) is 8.42 Å². The third-order valence-electron chi connectivity index (χ3n) is 3.08. The maximum Gasteiger partial charge on any atom is 0.211 e. The molecule has 2 atom stereocenters. The highest BCUT2D eigenvalue weighted by molar-refractivity contribution is 7.89. The molecular formula is C11H24N2O2S. The number of rotatable bonds is 5. The van der Waals surface area contributed by atoms with Gasteiger partial charge in [-0.2, -0.15) is 0 Å². The Morgan fingerprint density at radius 1 is 1.44 bits per heavy atom. The predicted octanol–water partition coefficient (Wildman–Crippen LogP) is 0.807. The van der Waals surface area contributed by atoms with Crippen molar-refractivity contribution in [3.05, 3.63) is 0 Å². The van der Waals surface area contributed by atoms with Gasteiger partial charge in [0.15, 0.2) is 0 Å². The molecule has 96 valence electrons. The molecule has 1 heterocycles. The predicted molar refractivity (Wildman–Crippen MR) is 66.8 cm³/mol.